The molecule has 0 spiro atoms. The van der Waals surface area contributed by atoms with Gasteiger partial charge in [-0.2, -0.15) is 0 Å². The largest absolute Gasteiger partial charge is 0.310 e. The van der Waals surface area contributed by atoms with E-state index in [4.69, 9.17) is 0 Å². The predicted octanol–water partition coefficient (Wildman–Crippen LogP) is 2.68. The van der Waals surface area contributed by atoms with Crippen molar-refractivity contribution in [2.45, 2.75) is 44.6 Å². The number of rotatable bonds is 8. The summed E-state index contributed by atoms with van der Waals surface area (Å²) in [6.07, 6.45) is 2.31. The van der Waals surface area contributed by atoms with Gasteiger partial charge in [0.05, 0.1) is 4.90 Å². The van der Waals surface area contributed by atoms with E-state index in [1.54, 1.807) is 18.2 Å². The Morgan fingerprint density at radius 3 is 2.40 bits per heavy atom. The number of hydrogen-bond acceptors (Lipinski definition) is 3. The highest BCUT2D eigenvalue weighted by Gasteiger charge is 2.14. The molecule has 2 N–H and O–H groups in total. The van der Waals surface area contributed by atoms with Gasteiger partial charge in [-0.3, -0.25) is 0 Å². The Morgan fingerprint density at radius 1 is 1.20 bits per heavy atom. The third-order valence-corrected chi connectivity index (χ3v) is 5.22. The van der Waals surface area contributed by atoms with E-state index >= 15 is 0 Å². The molecule has 1 aromatic carbocycles. The van der Waals surface area contributed by atoms with Crippen LogP contribution in [0.5, 0.6) is 0 Å². The van der Waals surface area contributed by atoms with Crippen molar-refractivity contribution >= 4 is 10.0 Å². The molecule has 0 radical (unpaired) electrons. The highest BCUT2D eigenvalue weighted by molar-refractivity contribution is 7.89. The Kier molecular flexibility index (Phi) is 6.65. The topological polar surface area (TPSA) is 58.2 Å². The summed E-state index contributed by atoms with van der Waals surface area (Å²) in [7, 11) is -1.95. The van der Waals surface area contributed by atoms with Crippen molar-refractivity contribution in [1.82, 2.24) is 10.0 Å². The van der Waals surface area contributed by atoms with Crippen molar-refractivity contribution in [3.8, 4) is 0 Å². The van der Waals surface area contributed by atoms with Gasteiger partial charge in [-0.25, -0.2) is 13.1 Å². The van der Waals surface area contributed by atoms with E-state index in [0.717, 1.165) is 24.9 Å². The molecule has 0 aliphatic carbocycles. The molecule has 5 heteroatoms. The Balaban J connectivity index is 2.79. The van der Waals surface area contributed by atoms with Crippen LogP contribution in [0.15, 0.2) is 29.2 Å². The van der Waals surface area contributed by atoms with Crippen molar-refractivity contribution in [1.29, 1.82) is 0 Å². The molecule has 1 atom stereocenters. The lowest BCUT2D eigenvalue weighted by atomic mass is 10.0. The maximum absolute atomic E-state index is 11.8. The minimum absolute atomic E-state index is 0.141. The molecule has 0 bridgehead atoms. The zero-order valence-corrected chi connectivity index (χ0v) is 13.6. The first-order chi connectivity index (χ1) is 9.44. The zero-order valence-electron chi connectivity index (χ0n) is 12.8. The van der Waals surface area contributed by atoms with Crippen LogP contribution >= 0.6 is 0 Å². The lowest BCUT2D eigenvalue weighted by Crippen LogP contribution is -2.25. The fraction of sp³-hybridized carbons (Fsp3) is 0.600. The van der Waals surface area contributed by atoms with Gasteiger partial charge < -0.3 is 5.32 Å². The Morgan fingerprint density at radius 2 is 1.85 bits per heavy atom. The molecule has 0 saturated carbocycles. The molecule has 0 unspecified atom stereocenters. The first-order valence-corrected chi connectivity index (χ1v) is 8.69. The second kappa shape index (κ2) is 7.76. The maximum Gasteiger partial charge on any atom is 0.240 e. The Labute approximate surface area is 123 Å². The van der Waals surface area contributed by atoms with E-state index in [2.05, 4.69) is 30.8 Å². The standard InChI is InChI=1S/C15H26N2O2S/c1-5-13(6-2)11-17-12(3)14-8-7-9-15(10-14)20(18,19)16-4/h7-10,12-13,16-17H,5-6,11H2,1-4H3/t12-/m1/s1. The van der Waals surface area contributed by atoms with Crippen molar-refractivity contribution < 1.29 is 8.42 Å². The second-order valence-electron chi connectivity index (χ2n) is 5.09. The summed E-state index contributed by atoms with van der Waals surface area (Å²) in [6.45, 7) is 7.41. The van der Waals surface area contributed by atoms with Crippen molar-refractivity contribution in [3.63, 3.8) is 0 Å². The molecule has 0 saturated heterocycles. The minimum Gasteiger partial charge on any atom is -0.310 e. The first kappa shape index (κ1) is 17.1. The van der Waals surface area contributed by atoms with Crippen molar-refractivity contribution in [2.24, 2.45) is 5.92 Å². The zero-order chi connectivity index (χ0) is 15.2. The van der Waals surface area contributed by atoms with E-state index in [9.17, 15) is 8.42 Å². The normalized spacial score (nSPS) is 13.7. The maximum atomic E-state index is 11.8. The number of hydrogen-bond donors (Lipinski definition) is 2. The lowest BCUT2D eigenvalue weighted by molar-refractivity contribution is 0.422. The highest BCUT2D eigenvalue weighted by Crippen LogP contribution is 2.18. The van der Waals surface area contributed by atoms with Crippen LogP contribution in [0.2, 0.25) is 0 Å². The van der Waals surface area contributed by atoms with E-state index < -0.39 is 10.0 Å². The molecule has 0 fully saturated rings. The fourth-order valence-corrected chi connectivity index (χ4v) is 2.89. The van der Waals surface area contributed by atoms with Gasteiger partial charge in [-0.15, -0.1) is 0 Å². The van der Waals surface area contributed by atoms with Crippen LogP contribution in [0.25, 0.3) is 0 Å². The minimum atomic E-state index is -3.37. The second-order valence-corrected chi connectivity index (χ2v) is 6.98. The van der Waals surface area contributed by atoms with E-state index in [1.807, 2.05) is 6.07 Å². The van der Waals surface area contributed by atoms with Gasteiger partial charge in [0.2, 0.25) is 10.0 Å². The van der Waals surface area contributed by atoms with Crippen LogP contribution in [0.1, 0.15) is 45.2 Å². The quantitative estimate of drug-likeness (QED) is 0.776. The summed E-state index contributed by atoms with van der Waals surface area (Å²) >= 11 is 0. The molecule has 1 aromatic rings. The van der Waals surface area contributed by atoms with Gasteiger partial charge in [0.1, 0.15) is 0 Å². The van der Waals surface area contributed by atoms with Gasteiger partial charge in [-0.1, -0.05) is 38.8 Å². The molecule has 0 heterocycles. The lowest BCUT2D eigenvalue weighted by Gasteiger charge is -2.19. The van der Waals surface area contributed by atoms with Gasteiger partial charge >= 0.3 is 0 Å². The summed E-state index contributed by atoms with van der Waals surface area (Å²) in [4.78, 5) is 0.314. The highest BCUT2D eigenvalue weighted by atomic mass is 32.2. The average Bonchev–Trinajstić information content (AvgIpc) is 2.48. The molecule has 114 valence electrons. The summed E-state index contributed by atoms with van der Waals surface area (Å²) in [5.74, 6) is 0.668. The smallest absolute Gasteiger partial charge is 0.240 e. The SMILES string of the molecule is CCC(CC)CN[C@H](C)c1cccc(S(=O)(=O)NC)c1. The Hall–Kier alpha value is -0.910. The summed E-state index contributed by atoms with van der Waals surface area (Å²) < 4.78 is 26.0. The molecule has 0 aromatic heterocycles. The molecular weight excluding hydrogens is 272 g/mol. The van der Waals surface area contributed by atoms with Gasteiger partial charge in [0.25, 0.3) is 0 Å². The third kappa shape index (κ3) is 4.58. The van der Waals surface area contributed by atoms with Gasteiger partial charge in [0.15, 0.2) is 0 Å². The summed E-state index contributed by atoms with van der Waals surface area (Å²) in [5, 5.41) is 3.48. The van der Waals surface area contributed by atoms with E-state index in [-0.39, 0.29) is 6.04 Å². The molecule has 0 aliphatic rings. The molecular formula is C15H26N2O2S. The average molecular weight is 298 g/mol. The van der Waals surface area contributed by atoms with Crippen LogP contribution < -0.4 is 10.0 Å². The molecule has 20 heavy (non-hydrogen) atoms. The molecule has 1 rings (SSSR count). The fourth-order valence-electron chi connectivity index (χ4n) is 2.11. The van der Waals surface area contributed by atoms with Crippen LogP contribution in [0.3, 0.4) is 0 Å². The van der Waals surface area contributed by atoms with E-state index in [0.29, 0.717) is 10.8 Å². The van der Waals surface area contributed by atoms with Crippen LogP contribution in [0.4, 0.5) is 0 Å². The first-order valence-electron chi connectivity index (χ1n) is 7.21. The number of nitrogens with one attached hydrogen (secondary N) is 2. The molecule has 4 nitrogen and oxygen atoms in total. The number of benzene rings is 1. The molecule has 0 aliphatic heterocycles. The monoisotopic (exact) mass is 298 g/mol. The Bertz CT molecular complexity index is 510. The van der Waals surface area contributed by atoms with Gasteiger partial charge in [0, 0.05) is 6.04 Å². The van der Waals surface area contributed by atoms with E-state index in [1.165, 1.54) is 7.05 Å². The van der Waals surface area contributed by atoms with Crippen molar-refractivity contribution in [3.05, 3.63) is 29.8 Å². The predicted molar refractivity (Wildman–Crippen MR) is 83.2 cm³/mol. The molecule has 0 amide bonds. The van der Waals surface area contributed by atoms with Gasteiger partial charge in [-0.05, 0) is 44.1 Å². The summed E-state index contributed by atoms with van der Waals surface area (Å²) in [6, 6.07) is 7.23. The summed E-state index contributed by atoms with van der Waals surface area (Å²) in [5.41, 5.74) is 0.993. The van der Waals surface area contributed by atoms with Crippen molar-refractivity contribution in [2.75, 3.05) is 13.6 Å². The third-order valence-electron chi connectivity index (χ3n) is 3.80. The van der Waals surface area contributed by atoms with Crippen LogP contribution in [-0.2, 0) is 10.0 Å². The van der Waals surface area contributed by atoms with Crippen LogP contribution in [0, 0.1) is 5.92 Å². The number of sulfonamides is 1. The van der Waals surface area contributed by atoms with Crippen LogP contribution in [-0.4, -0.2) is 22.0 Å².